The summed E-state index contributed by atoms with van der Waals surface area (Å²) in [5.74, 6) is 0. The fourth-order valence-electron chi connectivity index (χ4n) is 2.87. The smallest absolute Gasteiger partial charge is 0.0992 e. The molecule has 0 spiro atoms. The van der Waals surface area contributed by atoms with E-state index < -0.39 is 0 Å². The van der Waals surface area contributed by atoms with E-state index in [1.54, 1.807) is 12.1 Å². The van der Waals surface area contributed by atoms with E-state index in [0.717, 1.165) is 30.6 Å². The molecule has 1 aliphatic rings. The molecule has 2 aromatic carbocycles. The van der Waals surface area contributed by atoms with Gasteiger partial charge in [-0.2, -0.15) is 5.26 Å². The first kappa shape index (κ1) is 13.8. The Morgan fingerprint density at radius 1 is 1.24 bits per heavy atom. The number of anilines is 2. The number of rotatable bonds is 2. The minimum Gasteiger partial charge on any atom is -0.399 e. The van der Waals surface area contributed by atoms with Crippen LogP contribution in [0.15, 0.2) is 36.4 Å². The standard InChI is InChI=1S/C17H16ClN3/c18-15-8-11(10-19)4-7-17(15)21-16-3-1-2-12-9-13(20)5-6-14(12)16/h4-9,16,21H,1-3,20H2. The van der Waals surface area contributed by atoms with Crippen LogP contribution >= 0.6 is 11.6 Å². The molecule has 0 aromatic heterocycles. The van der Waals surface area contributed by atoms with Gasteiger partial charge in [-0.25, -0.2) is 0 Å². The molecule has 21 heavy (non-hydrogen) atoms. The fraction of sp³-hybridized carbons (Fsp3) is 0.235. The van der Waals surface area contributed by atoms with Crippen molar-refractivity contribution >= 4 is 23.0 Å². The van der Waals surface area contributed by atoms with Crippen LogP contribution in [0.2, 0.25) is 5.02 Å². The summed E-state index contributed by atoms with van der Waals surface area (Å²) in [6.07, 6.45) is 3.26. The Morgan fingerprint density at radius 2 is 2.10 bits per heavy atom. The molecule has 0 saturated heterocycles. The Balaban J connectivity index is 1.89. The highest BCUT2D eigenvalue weighted by molar-refractivity contribution is 6.33. The van der Waals surface area contributed by atoms with Crippen LogP contribution in [0, 0.1) is 11.3 Å². The monoisotopic (exact) mass is 297 g/mol. The zero-order chi connectivity index (χ0) is 14.8. The lowest BCUT2D eigenvalue weighted by atomic mass is 9.87. The lowest BCUT2D eigenvalue weighted by molar-refractivity contribution is 0.601. The van der Waals surface area contributed by atoms with E-state index in [9.17, 15) is 0 Å². The summed E-state index contributed by atoms with van der Waals surface area (Å²) < 4.78 is 0. The SMILES string of the molecule is N#Cc1ccc(NC2CCCc3cc(N)ccc32)c(Cl)c1. The van der Waals surface area contributed by atoms with Crippen molar-refractivity contribution < 1.29 is 0 Å². The molecule has 2 aromatic rings. The van der Waals surface area contributed by atoms with Gasteiger partial charge in [0.1, 0.15) is 0 Å². The molecule has 1 aliphatic carbocycles. The fourth-order valence-corrected chi connectivity index (χ4v) is 3.11. The summed E-state index contributed by atoms with van der Waals surface area (Å²) in [7, 11) is 0. The number of benzene rings is 2. The Labute approximate surface area is 129 Å². The second kappa shape index (κ2) is 5.67. The predicted octanol–water partition coefficient (Wildman–Crippen LogP) is 4.28. The number of nitrogens with one attached hydrogen (secondary N) is 1. The lowest BCUT2D eigenvalue weighted by Gasteiger charge is -2.28. The third kappa shape index (κ3) is 2.81. The normalized spacial score (nSPS) is 16.9. The molecule has 0 amide bonds. The molecule has 0 heterocycles. The van der Waals surface area contributed by atoms with E-state index in [1.165, 1.54) is 11.1 Å². The van der Waals surface area contributed by atoms with Crippen LogP contribution < -0.4 is 11.1 Å². The van der Waals surface area contributed by atoms with Gasteiger partial charge in [0.05, 0.1) is 28.4 Å². The Hall–Kier alpha value is -2.18. The van der Waals surface area contributed by atoms with Crippen molar-refractivity contribution in [3.8, 4) is 6.07 Å². The summed E-state index contributed by atoms with van der Waals surface area (Å²) in [4.78, 5) is 0. The van der Waals surface area contributed by atoms with Crippen molar-refractivity contribution in [3.05, 3.63) is 58.1 Å². The van der Waals surface area contributed by atoms with Crippen molar-refractivity contribution in [2.45, 2.75) is 25.3 Å². The van der Waals surface area contributed by atoms with Crippen molar-refractivity contribution in [2.24, 2.45) is 0 Å². The molecule has 106 valence electrons. The third-order valence-electron chi connectivity index (χ3n) is 3.91. The average molecular weight is 298 g/mol. The van der Waals surface area contributed by atoms with E-state index in [1.807, 2.05) is 12.1 Å². The third-order valence-corrected chi connectivity index (χ3v) is 4.22. The minimum absolute atomic E-state index is 0.236. The number of nitrogens with zero attached hydrogens (tertiary/aromatic N) is 1. The number of halogens is 1. The Morgan fingerprint density at radius 3 is 2.86 bits per heavy atom. The Bertz CT molecular complexity index is 718. The number of nitrogens with two attached hydrogens (primary N) is 1. The van der Waals surface area contributed by atoms with Crippen molar-refractivity contribution in [1.82, 2.24) is 0 Å². The molecule has 3 rings (SSSR count). The van der Waals surface area contributed by atoms with Crippen LogP contribution in [0.4, 0.5) is 11.4 Å². The summed E-state index contributed by atoms with van der Waals surface area (Å²) in [6, 6.07) is 13.8. The zero-order valence-electron chi connectivity index (χ0n) is 11.6. The molecular formula is C17H16ClN3. The number of hydrogen-bond donors (Lipinski definition) is 2. The molecule has 0 saturated carbocycles. The summed E-state index contributed by atoms with van der Waals surface area (Å²) in [5, 5.41) is 13.0. The van der Waals surface area contributed by atoms with Crippen LogP contribution in [-0.4, -0.2) is 0 Å². The molecule has 1 unspecified atom stereocenters. The van der Waals surface area contributed by atoms with Crippen molar-refractivity contribution in [3.63, 3.8) is 0 Å². The van der Waals surface area contributed by atoms with Gasteiger partial charge in [-0.1, -0.05) is 17.7 Å². The van der Waals surface area contributed by atoms with E-state index in [2.05, 4.69) is 23.5 Å². The highest BCUT2D eigenvalue weighted by Crippen LogP contribution is 2.35. The van der Waals surface area contributed by atoms with Gasteiger partial charge >= 0.3 is 0 Å². The first-order valence-electron chi connectivity index (χ1n) is 7.02. The molecule has 3 nitrogen and oxygen atoms in total. The van der Waals surface area contributed by atoms with E-state index in [-0.39, 0.29) is 6.04 Å². The van der Waals surface area contributed by atoms with Crippen molar-refractivity contribution in [1.29, 1.82) is 5.26 Å². The highest BCUT2D eigenvalue weighted by Gasteiger charge is 2.20. The molecule has 1 atom stereocenters. The largest absolute Gasteiger partial charge is 0.399 e. The van der Waals surface area contributed by atoms with Crippen LogP contribution in [0.1, 0.15) is 35.6 Å². The van der Waals surface area contributed by atoms with Gasteiger partial charge in [-0.3, -0.25) is 0 Å². The Kier molecular flexibility index (Phi) is 3.72. The van der Waals surface area contributed by atoms with Gasteiger partial charge in [-0.15, -0.1) is 0 Å². The van der Waals surface area contributed by atoms with Gasteiger partial charge in [0.25, 0.3) is 0 Å². The molecule has 0 radical (unpaired) electrons. The van der Waals surface area contributed by atoms with Crippen LogP contribution in [0.5, 0.6) is 0 Å². The average Bonchev–Trinajstić information content (AvgIpc) is 2.49. The molecule has 0 aliphatic heterocycles. The number of fused-ring (bicyclic) bond motifs is 1. The number of hydrogen-bond acceptors (Lipinski definition) is 3. The summed E-state index contributed by atoms with van der Waals surface area (Å²) in [6.45, 7) is 0. The maximum atomic E-state index is 8.89. The van der Waals surface area contributed by atoms with Gasteiger partial charge in [-0.05, 0) is 60.7 Å². The number of nitrogen functional groups attached to an aromatic ring is 1. The van der Waals surface area contributed by atoms with Crippen LogP contribution in [0.25, 0.3) is 0 Å². The van der Waals surface area contributed by atoms with E-state index in [0.29, 0.717) is 10.6 Å². The van der Waals surface area contributed by atoms with E-state index in [4.69, 9.17) is 22.6 Å². The minimum atomic E-state index is 0.236. The van der Waals surface area contributed by atoms with Gasteiger partial charge in [0.2, 0.25) is 0 Å². The highest BCUT2D eigenvalue weighted by atomic mass is 35.5. The molecule has 0 bridgehead atoms. The van der Waals surface area contributed by atoms with E-state index >= 15 is 0 Å². The van der Waals surface area contributed by atoms with Crippen molar-refractivity contribution in [2.75, 3.05) is 11.1 Å². The second-order valence-electron chi connectivity index (χ2n) is 5.35. The lowest BCUT2D eigenvalue weighted by Crippen LogP contribution is -2.17. The summed E-state index contributed by atoms with van der Waals surface area (Å²) in [5.41, 5.74) is 10.7. The number of nitriles is 1. The second-order valence-corrected chi connectivity index (χ2v) is 5.76. The molecular weight excluding hydrogens is 282 g/mol. The predicted molar refractivity (Wildman–Crippen MR) is 86.3 cm³/mol. The van der Waals surface area contributed by atoms with Gasteiger partial charge in [0.15, 0.2) is 0 Å². The van der Waals surface area contributed by atoms with Crippen LogP contribution in [-0.2, 0) is 6.42 Å². The molecule has 3 N–H and O–H groups in total. The van der Waals surface area contributed by atoms with Crippen LogP contribution in [0.3, 0.4) is 0 Å². The molecule has 0 fully saturated rings. The molecule has 4 heteroatoms. The quantitative estimate of drug-likeness (QED) is 0.813. The summed E-state index contributed by atoms with van der Waals surface area (Å²) >= 11 is 6.25. The first-order chi connectivity index (χ1) is 10.2. The number of aryl methyl sites for hydroxylation is 1. The zero-order valence-corrected chi connectivity index (χ0v) is 12.3. The van der Waals surface area contributed by atoms with Gasteiger partial charge in [0, 0.05) is 5.69 Å². The topological polar surface area (TPSA) is 61.8 Å². The maximum Gasteiger partial charge on any atom is 0.0992 e. The first-order valence-corrected chi connectivity index (χ1v) is 7.39. The maximum absolute atomic E-state index is 8.89. The van der Waals surface area contributed by atoms with Gasteiger partial charge < -0.3 is 11.1 Å².